The molecule has 0 bridgehead atoms. The van der Waals surface area contributed by atoms with Gasteiger partial charge < -0.3 is 4.74 Å². The number of hydrogen-bond acceptors (Lipinski definition) is 4. The predicted molar refractivity (Wildman–Crippen MR) is 82.6 cm³/mol. The second kappa shape index (κ2) is 5.81. The number of sulfone groups is 1. The van der Waals surface area contributed by atoms with Crippen LogP contribution >= 0.6 is 0 Å². The van der Waals surface area contributed by atoms with Crippen LogP contribution in [0.3, 0.4) is 0 Å². The molecule has 0 aliphatic carbocycles. The Morgan fingerprint density at radius 3 is 2.23 bits per heavy atom. The highest BCUT2D eigenvalue weighted by Gasteiger charge is 2.37. The van der Waals surface area contributed by atoms with Gasteiger partial charge >= 0.3 is 6.09 Å². The first-order valence-electron chi connectivity index (χ1n) is 6.87. The van der Waals surface area contributed by atoms with Crippen molar-refractivity contribution < 1.29 is 17.9 Å². The van der Waals surface area contributed by atoms with Gasteiger partial charge in [0.15, 0.2) is 9.84 Å². The van der Waals surface area contributed by atoms with Crippen molar-refractivity contribution in [2.45, 2.75) is 10.9 Å². The molecular weight excluding hydrogens is 302 g/mol. The number of carbonyl (C=O) groups is 1. The molecule has 2 aromatic carbocycles. The fourth-order valence-corrected chi connectivity index (χ4v) is 3.98. The lowest BCUT2D eigenvalue weighted by atomic mass is 10.2. The smallest absolute Gasteiger partial charge is 0.414 e. The largest absolute Gasteiger partial charge is 0.447 e. The number of benzene rings is 2. The summed E-state index contributed by atoms with van der Waals surface area (Å²) in [7, 11) is -3.48. The third-order valence-electron chi connectivity index (χ3n) is 3.51. The van der Waals surface area contributed by atoms with E-state index in [4.69, 9.17) is 4.74 Å². The Balaban J connectivity index is 1.87. The second-order valence-corrected chi connectivity index (χ2v) is 7.06. The number of rotatable bonds is 4. The van der Waals surface area contributed by atoms with Crippen LogP contribution in [0.5, 0.6) is 0 Å². The fourth-order valence-electron chi connectivity index (χ4n) is 2.47. The Morgan fingerprint density at radius 1 is 1.00 bits per heavy atom. The molecule has 114 valence electrons. The Labute approximate surface area is 129 Å². The molecule has 5 nitrogen and oxygen atoms in total. The Hall–Kier alpha value is -2.34. The third-order valence-corrected chi connectivity index (χ3v) is 5.32. The van der Waals surface area contributed by atoms with E-state index in [2.05, 4.69) is 0 Å². The van der Waals surface area contributed by atoms with Crippen molar-refractivity contribution in [3.63, 3.8) is 0 Å². The second-order valence-electron chi connectivity index (χ2n) is 5.03. The van der Waals surface area contributed by atoms with Crippen LogP contribution in [0, 0.1) is 0 Å². The van der Waals surface area contributed by atoms with Gasteiger partial charge in [0.2, 0.25) is 0 Å². The Kier molecular flexibility index (Phi) is 3.85. The summed E-state index contributed by atoms with van der Waals surface area (Å²) in [5.41, 5.74) is 0.637. The molecule has 0 unspecified atom stereocenters. The van der Waals surface area contributed by atoms with E-state index in [1.54, 1.807) is 54.6 Å². The summed E-state index contributed by atoms with van der Waals surface area (Å²) >= 11 is 0. The van der Waals surface area contributed by atoms with E-state index in [9.17, 15) is 13.2 Å². The monoisotopic (exact) mass is 317 g/mol. The first-order valence-corrected chi connectivity index (χ1v) is 8.52. The lowest BCUT2D eigenvalue weighted by molar-refractivity contribution is 0.179. The van der Waals surface area contributed by atoms with Crippen molar-refractivity contribution >= 4 is 21.6 Å². The zero-order chi connectivity index (χ0) is 15.6. The minimum Gasteiger partial charge on any atom is -0.447 e. The van der Waals surface area contributed by atoms with E-state index in [0.29, 0.717) is 5.69 Å². The molecule has 0 spiro atoms. The van der Waals surface area contributed by atoms with E-state index in [-0.39, 0.29) is 17.3 Å². The van der Waals surface area contributed by atoms with Crippen LogP contribution in [0.1, 0.15) is 0 Å². The van der Waals surface area contributed by atoms with E-state index < -0.39 is 22.0 Å². The minimum absolute atomic E-state index is 0.0692. The highest BCUT2D eigenvalue weighted by atomic mass is 32.2. The van der Waals surface area contributed by atoms with Crippen molar-refractivity contribution in [2.24, 2.45) is 0 Å². The summed E-state index contributed by atoms with van der Waals surface area (Å²) in [6.45, 7) is 0.0692. The lowest BCUT2D eigenvalue weighted by Gasteiger charge is -2.21. The number of amides is 1. The van der Waals surface area contributed by atoms with Crippen molar-refractivity contribution in [2.75, 3.05) is 17.3 Å². The number of anilines is 1. The maximum Gasteiger partial charge on any atom is 0.414 e. The van der Waals surface area contributed by atoms with Crippen molar-refractivity contribution in [3.05, 3.63) is 60.7 Å². The normalized spacial score (nSPS) is 18.3. The van der Waals surface area contributed by atoms with Crippen LogP contribution in [-0.4, -0.2) is 32.9 Å². The molecule has 1 amide bonds. The van der Waals surface area contributed by atoms with Gasteiger partial charge in [-0.05, 0) is 24.3 Å². The number of nitrogens with zero attached hydrogens (tertiary/aromatic N) is 1. The maximum absolute atomic E-state index is 12.5. The summed E-state index contributed by atoms with van der Waals surface area (Å²) in [4.78, 5) is 13.6. The summed E-state index contributed by atoms with van der Waals surface area (Å²) in [5, 5.41) is 0. The standard InChI is InChI=1S/C16H15NO4S/c18-16-17(13-7-3-1-4-8-13)14(11-21-16)12-22(19,20)15-9-5-2-6-10-15/h1-10,14H,11-12H2/t14-/m1/s1. The van der Waals surface area contributed by atoms with Gasteiger partial charge in [0.05, 0.1) is 16.7 Å². The van der Waals surface area contributed by atoms with Gasteiger partial charge in [0, 0.05) is 5.69 Å². The summed E-state index contributed by atoms with van der Waals surface area (Å²) in [5.74, 6) is -0.169. The van der Waals surface area contributed by atoms with E-state index in [1.165, 1.54) is 4.90 Å². The highest BCUT2D eigenvalue weighted by molar-refractivity contribution is 7.91. The molecule has 0 radical (unpaired) electrons. The number of para-hydroxylation sites is 1. The molecule has 22 heavy (non-hydrogen) atoms. The first kappa shape index (κ1) is 14.6. The van der Waals surface area contributed by atoms with Crippen LogP contribution in [0.15, 0.2) is 65.6 Å². The molecular formula is C16H15NO4S. The average molecular weight is 317 g/mol. The predicted octanol–water partition coefficient (Wildman–Crippen LogP) is 2.49. The Bertz CT molecular complexity index is 759. The first-order chi connectivity index (χ1) is 10.6. The number of ether oxygens (including phenoxy) is 1. The average Bonchev–Trinajstić information content (AvgIpc) is 2.89. The molecule has 3 rings (SSSR count). The lowest BCUT2D eigenvalue weighted by Crippen LogP contribution is -2.38. The van der Waals surface area contributed by atoms with Crippen molar-refractivity contribution in [1.82, 2.24) is 0 Å². The van der Waals surface area contributed by atoms with Crippen molar-refractivity contribution in [3.8, 4) is 0 Å². The van der Waals surface area contributed by atoms with E-state index in [0.717, 1.165) is 0 Å². The number of cyclic esters (lactones) is 1. The molecule has 1 saturated heterocycles. The summed E-state index contributed by atoms with van der Waals surface area (Å²) in [6, 6.07) is 16.6. The molecule has 0 N–H and O–H groups in total. The minimum atomic E-state index is -3.48. The van der Waals surface area contributed by atoms with Crippen LogP contribution in [0.4, 0.5) is 10.5 Å². The quantitative estimate of drug-likeness (QED) is 0.869. The van der Waals surface area contributed by atoms with Crippen LogP contribution < -0.4 is 4.90 Å². The van der Waals surface area contributed by atoms with Crippen molar-refractivity contribution in [1.29, 1.82) is 0 Å². The maximum atomic E-state index is 12.5. The topological polar surface area (TPSA) is 63.7 Å². The van der Waals surface area contributed by atoms with Gasteiger partial charge in [-0.25, -0.2) is 13.2 Å². The third kappa shape index (κ3) is 2.82. The summed E-state index contributed by atoms with van der Waals surface area (Å²) in [6.07, 6.45) is -0.514. The van der Waals surface area contributed by atoms with Crippen LogP contribution in [-0.2, 0) is 14.6 Å². The molecule has 2 aromatic rings. The van der Waals surface area contributed by atoms with E-state index in [1.807, 2.05) is 6.07 Å². The van der Waals surface area contributed by atoms with Gasteiger partial charge in [-0.15, -0.1) is 0 Å². The number of carbonyl (C=O) groups excluding carboxylic acids is 1. The highest BCUT2D eigenvalue weighted by Crippen LogP contribution is 2.25. The molecule has 1 heterocycles. The molecule has 1 atom stereocenters. The van der Waals surface area contributed by atoms with Crippen LogP contribution in [0.2, 0.25) is 0 Å². The van der Waals surface area contributed by atoms with Gasteiger partial charge in [-0.3, -0.25) is 4.90 Å². The fraction of sp³-hybridized carbons (Fsp3) is 0.188. The van der Waals surface area contributed by atoms with Gasteiger partial charge in [-0.1, -0.05) is 36.4 Å². The van der Waals surface area contributed by atoms with Gasteiger partial charge in [0.25, 0.3) is 0 Å². The molecule has 0 saturated carbocycles. The molecule has 0 aromatic heterocycles. The van der Waals surface area contributed by atoms with Crippen LogP contribution in [0.25, 0.3) is 0 Å². The van der Waals surface area contributed by atoms with Gasteiger partial charge in [0.1, 0.15) is 6.61 Å². The zero-order valence-electron chi connectivity index (χ0n) is 11.8. The molecule has 1 aliphatic heterocycles. The van der Waals surface area contributed by atoms with E-state index >= 15 is 0 Å². The molecule has 1 fully saturated rings. The zero-order valence-corrected chi connectivity index (χ0v) is 12.6. The van der Waals surface area contributed by atoms with Gasteiger partial charge in [-0.2, -0.15) is 0 Å². The molecule has 1 aliphatic rings. The molecule has 6 heteroatoms. The Morgan fingerprint density at radius 2 is 1.59 bits per heavy atom. The summed E-state index contributed by atoms with van der Waals surface area (Å²) < 4.78 is 30.0. The SMILES string of the molecule is O=C1OC[C@H](CS(=O)(=O)c2ccccc2)N1c1ccccc1. The number of hydrogen-bond donors (Lipinski definition) is 0.